The Morgan fingerprint density at radius 3 is 2.82 bits per heavy atom. The zero-order valence-electron chi connectivity index (χ0n) is 6.50. The molecule has 1 aromatic heterocycles. The second-order valence-corrected chi connectivity index (χ2v) is 2.92. The maximum absolute atomic E-state index is 4.90. The molecule has 0 unspecified atom stereocenters. The summed E-state index contributed by atoms with van der Waals surface area (Å²) in [7, 11) is 0. The van der Waals surface area contributed by atoms with E-state index >= 15 is 0 Å². The Kier molecular flexibility index (Phi) is 1.52. The number of nitrogens with one attached hydrogen (secondary N) is 1. The van der Waals surface area contributed by atoms with Crippen LogP contribution < -0.4 is 5.32 Å². The van der Waals surface area contributed by atoms with Gasteiger partial charge in [0, 0.05) is 6.04 Å². The van der Waals surface area contributed by atoms with Gasteiger partial charge in [0.1, 0.15) is 0 Å². The van der Waals surface area contributed by atoms with Gasteiger partial charge in [0.25, 0.3) is 0 Å². The lowest BCUT2D eigenvalue weighted by Crippen LogP contribution is -2.27. The summed E-state index contributed by atoms with van der Waals surface area (Å²) in [5.74, 6) is 0.687. The van der Waals surface area contributed by atoms with Crippen LogP contribution in [0.15, 0.2) is 4.52 Å². The van der Waals surface area contributed by atoms with Crippen molar-refractivity contribution in [2.45, 2.75) is 32.2 Å². The van der Waals surface area contributed by atoms with Crippen molar-refractivity contribution >= 4 is 6.01 Å². The number of aryl methyl sites for hydroxylation is 1. The SMILES string of the molecule is Cc1noc(NC2CCC2)n1. The topological polar surface area (TPSA) is 51.0 Å². The summed E-state index contributed by atoms with van der Waals surface area (Å²) in [6.07, 6.45) is 3.76. The summed E-state index contributed by atoms with van der Waals surface area (Å²) in [6, 6.07) is 1.13. The molecule has 1 heterocycles. The third kappa shape index (κ3) is 1.34. The second kappa shape index (κ2) is 2.53. The maximum Gasteiger partial charge on any atom is 0.321 e. The first-order valence-corrected chi connectivity index (χ1v) is 3.91. The quantitative estimate of drug-likeness (QED) is 0.696. The minimum absolute atomic E-state index is 0.562. The molecule has 60 valence electrons. The zero-order chi connectivity index (χ0) is 7.68. The molecule has 2 rings (SSSR count). The summed E-state index contributed by atoms with van der Waals surface area (Å²) in [5, 5.41) is 6.84. The van der Waals surface area contributed by atoms with E-state index in [0.717, 1.165) is 0 Å². The summed E-state index contributed by atoms with van der Waals surface area (Å²) >= 11 is 0. The van der Waals surface area contributed by atoms with Gasteiger partial charge in [0.15, 0.2) is 5.82 Å². The van der Waals surface area contributed by atoms with Crippen LogP contribution in [0.4, 0.5) is 6.01 Å². The highest BCUT2D eigenvalue weighted by Gasteiger charge is 2.18. The van der Waals surface area contributed by atoms with E-state index in [4.69, 9.17) is 4.52 Å². The van der Waals surface area contributed by atoms with Gasteiger partial charge in [-0.2, -0.15) is 4.98 Å². The Balaban J connectivity index is 1.95. The average Bonchev–Trinajstić information content (AvgIpc) is 2.27. The van der Waals surface area contributed by atoms with Crippen molar-refractivity contribution in [3.05, 3.63) is 5.82 Å². The van der Waals surface area contributed by atoms with Gasteiger partial charge in [-0.1, -0.05) is 5.16 Å². The number of rotatable bonds is 2. The van der Waals surface area contributed by atoms with Crippen molar-refractivity contribution < 1.29 is 4.52 Å². The van der Waals surface area contributed by atoms with E-state index in [1.54, 1.807) is 0 Å². The molecule has 0 aliphatic heterocycles. The molecule has 0 aromatic carbocycles. The van der Waals surface area contributed by atoms with E-state index in [-0.39, 0.29) is 0 Å². The van der Waals surface area contributed by atoms with Crippen LogP contribution in [0.25, 0.3) is 0 Å². The maximum atomic E-state index is 4.90. The van der Waals surface area contributed by atoms with Crippen LogP contribution in [0, 0.1) is 6.92 Å². The molecule has 11 heavy (non-hydrogen) atoms. The smallest absolute Gasteiger partial charge is 0.321 e. The fourth-order valence-corrected chi connectivity index (χ4v) is 1.08. The molecule has 0 radical (unpaired) electrons. The van der Waals surface area contributed by atoms with Crippen molar-refractivity contribution in [2.24, 2.45) is 0 Å². The molecule has 0 atom stereocenters. The minimum atomic E-state index is 0.562. The molecule has 0 saturated heterocycles. The highest BCUT2D eigenvalue weighted by atomic mass is 16.5. The average molecular weight is 153 g/mol. The van der Waals surface area contributed by atoms with Gasteiger partial charge >= 0.3 is 6.01 Å². The molecule has 4 heteroatoms. The molecule has 1 saturated carbocycles. The van der Waals surface area contributed by atoms with Gasteiger partial charge in [-0.15, -0.1) is 0 Å². The van der Waals surface area contributed by atoms with Gasteiger partial charge in [0.2, 0.25) is 0 Å². The summed E-state index contributed by atoms with van der Waals surface area (Å²) in [6.45, 7) is 1.81. The predicted octanol–water partition coefficient (Wildman–Crippen LogP) is 1.34. The van der Waals surface area contributed by atoms with Crippen molar-refractivity contribution in [1.29, 1.82) is 0 Å². The van der Waals surface area contributed by atoms with E-state index in [1.807, 2.05) is 6.92 Å². The largest absolute Gasteiger partial charge is 0.335 e. The van der Waals surface area contributed by atoms with E-state index in [0.29, 0.717) is 17.9 Å². The van der Waals surface area contributed by atoms with E-state index in [2.05, 4.69) is 15.5 Å². The standard InChI is InChI=1S/C7H11N3O/c1-5-8-7(11-10-5)9-6-3-2-4-6/h6H,2-4H2,1H3,(H,8,9,10). The first kappa shape index (κ1) is 6.64. The lowest BCUT2D eigenvalue weighted by Gasteiger charge is -2.24. The minimum Gasteiger partial charge on any atom is -0.335 e. The van der Waals surface area contributed by atoms with Crippen LogP contribution >= 0.6 is 0 Å². The van der Waals surface area contributed by atoms with E-state index in [9.17, 15) is 0 Å². The van der Waals surface area contributed by atoms with Gasteiger partial charge < -0.3 is 9.84 Å². The van der Waals surface area contributed by atoms with Gasteiger partial charge in [-0.05, 0) is 26.2 Å². The number of hydrogen-bond donors (Lipinski definition) is 1. The molecule has 0 bridgehead atoms. The number of aromatic nitrogens is 2. The molecule has 4 nitrogen and oxygen atoms in total. The van der Waals surface area contributed by atoms with Crippen LogP contribution in [0.2, 0.25) is 0 Å². The Bertz CT molecular complexity index is 242. The van der Waals surface area contributed by atoms with Crippen LogP contribution in [0.1, 0.15) is 25.1 Å². The van der Waals surface area contributed by atoms with Gasteiger partial charge in [-0.3, -0.25) is 0 Å². The Morgan fingerprint density at radius 1 is 1.55 bits per heavy atom. The second-order valence-electron chi connectivity index (χ2n) is 2.92. The van der Waals surface area contributed by atoms with Crippen LogP contribution in [-0.2, 0) is 0 Å². The monoisotopic (exact) mass is 153 g/mol. The molecule has 1 aliphatic rings. The normalized spacial score (nSPS) is 17.9. The molecule has 0 spiro atoms. The lowest BCUT2D eigenvalue weighted by molar-refractivity contribution is 0.393. The molecular formula is C7H11N3O. The predicted molar refractivity (Wildman–Crippen MR) is 40.3 cm³/mol. The summed E-state index contributed by atoms with van der Waals surface area (Å²) in [5.41, 5.74) is 0. The molecular weight excluding hydrogens is 142 g/mol. The Hall–Kier alpha value is -1.06. The highest BCUT2D eigenvalue weighted by Crippen LogP contribution is 2.21. The van der Waals surface area contributed by atoms with Crippen LogP contribution in [0.3, 0.4) is 0 Å². The van der Waals surface area contributed by atoms with E-state index < -0.39 is 0 Å². The van der Waals surface area contributed by atoms with Crippen LogP contribution in [0.5, 0.6) is 0 Å². The van der Waals surface area contributed by atoms with Crippen molar-refractivity contribution in [3.63, 3.8) is 0 Å². The zero-order valence-corrected chi connectivity index (χ0v) is 6.50. The van der Waals surface area contributed by atoms with Crippen molar-refractivity contribution in [1.82, 2.24) is 10.1 Å². The third-order valence-electron chi connectivity index (χ3n) is 1.96. The summed E-state index contributed by atoms with van der Waals surface area (Å²) < 4.78 is 4.90. The Labute approximate surface area is 65.0 Å². The first-order valence-electron chi connectivity index (χ1n) is 3.91. The number of anilines is 1. The molecule has 1 aliphatic carbocycles. The van der Waals surface area contributed by atoms with Crippen molar-refractivity contribution in [2.75, 3.05) is 5.32 Å². The molecule has 0 amide bonds. The van der Waals surface area contributed by atoms with Crippen LogP contribution in [-0.4, -0.2) is 16.2 Å². The number of hydrogen-bond acceptors (Lipinski definition) is 4. The van der Waals surface area contributed by atoms with E-state index in [1.165, 1.54) is 19.3 Å². The molecule has 1 aromatic rings. The van der Waals surface area contributed by atoms with Gasteiger partial charge in [-0.25, -0.2) is 0 Å². The fraction of sp³-hybridized carbons (Fsp3) is 0.714. The molecule has 1 N–H and O–H groups in total. The first-order chi connectivity index (χ1) is 5.34. The third-order valence-corrected chi connectivity index (χ3v) is 1.96. The highest BCUT2D eigenvalue weighted by molar-refractivity contribution is 5.21. The molecule has 1 fully saturated rings. The van der Waals surface area contributed by atoms with Gasteiger partial charge in [0.05, 0.1) is 0 Å². The van der Waals surface area contributed by atoms with Crippen molar-refractivity contribution in [3.8, 4) is 0 Å². The lowest BCUT2D eigenvalue weighted by atomic mass is 9.93. The Morgan fingerprint density at radius 2 is 2.36 bits per heavy atom. The number of nitrogens with zero attached hydrogens (tertiary/aromatic N) is 2. The fourth-order valence-electron chi connectivity index (χ4n) is 1.08. The summed E-state index contributed by atoms with van der Waals surface area (Å²) in [4.78, 5) is 4.04.